The molecule has 1 heterocycles. The SMILES string of the molecule is COCCCNC(=O)C1CN(C(=O)CC(C)(C)C)CC1c1cc(OC)c(OC)c(OC)c1. The Morgan fingerprint density at radius 3 is 2.16 bits per heavy atom. The van der Waals surface area contributed by atoms with Crippen molar-refractivity contribution >= 4 is 11.8 Å². The summed E-state index contributed by atoms with van der Waals surface area (Å²) in [4.78, 5) is 27.9. The summed E-state index contributed by atoms with van der Waals surface area (Å²) in [5.74, 6) is 0.994. The van der Waals surface area contributed by atoms with Crippen molar-refractivity contribution in [1.29, 1.82) is 0 Å². The van der Waals surface area contributed by atoms with E-state index in [4.69, 9.17) is 18.9 Å². The zero-order chi connectivity index (χ0) is 23.9. The number of hydrogen-bond donors (Lipinski definition) is 1. The fraction of sp³-hybridized carbons (Fsp3) is 0.667. The standard InChI is InChI=1S/C24H38N2O6/c1-24(2,3)13-21(27)26-14-17(18(15-26)23(28)25-9-8-10-29-4)16-11-19(30-5)22(32-7)20(12-16)31-6/h11-12,17-18H,8-10,13-15H2,1-7H3,(H,25,28). The van der Waals surface area contributed by atoms with E-state index < -0.39 is 0 Å². The second-order valence-electron chi connectivity index (χ2n) is 9.35. The van der Waals surface area contributed by atoms with E-state index in [1.807, 2.05) is 32.9 Å². The van der Waals surface area contributed by atoms with Gasteiger partial charge in [-0.1, -0.05) is 20.8 Å². The van der Waals surface area contributed by atoms with Gasteiger partial charge in [-0.25, -0.2) is 0 Å². The number of hydrogen-bond acceptors (Lipinski definition) is 6. The average Bonchev–Trinajstić information content (AvgIpc) is 3.20. The van der Waals surface area contributed by atoms with Gasteiger partial charge in [0.15, 0.2) is 11.5 Å². The average molecular weight is 451 g/mol. The molecule has 0 spiro atoms. The Hall–Kier alpha value is -2.48. The molecule has 0 bridgehead atoms. The lowest BCUT2D eigenvalue weighted by molar-refractivity contribution is -0.132. The minimum atomic E-state index is -0.371. The molecule has 180 valence electrons. The van der Waals surface area contributed by atoms with Crippen molar-refractivity contribution in [2.75, 3.05) is 54.7 Å². The second-order valence-corrected chi connectivity index (χ2v) is 9.35. The molecule has 1 saturated heterocycles. The lowest BCUT2D eigenvalue weighted by atomic mass is 9.88. The molecule has 2 amide bonds. The second kappa shape index (κ2) is 11.4. The lowest BCUT2D eigenvalue weighted by Crippen LogP contribution is -2.36. The molecule has 1 N–H and O–H groups in total. The van der Waals surface area contributed by atoms with E-state index in [0.717, 1.165) is 12.0 Å². The topological polar surface area (TPSA) is 86.3 Å². The van der Waals surface area contributed by atoms with E-state index in [0.29, 0.717) is 49.9 Å². The molecular weight excluding hydrogens is 412 g/mol. The summed E-state index contributed by atoms with van der Waals surface area (Å²) in [6.45, 7) is 8.07. The van der Waals surface area contributed by atoms with Crippen LogP contribution >= 0.6 is 0 Å². The van der Waals surface area contributed by atoms with Crippen LogP contribution in [0.1, 0.15) is 45.1 Å². The molecule has 2 unspecified atom stereocenters. The van der Waals surface area contributed by atoms with Gasteiger partial charge in [0.2, 0.25) is 17.6 Å². The van der Waals surface area contributed by atoms with Crippen LogP contribution in [0, 0.1) is 11.3 Å². The first kappa shape index (κ1) is 25.8. The number of amides is 2. The van der Waals surface area contributed by atoms with Gasteiger partial charge in [0.05, 0.1) is 27.2 Å². The predicted molar refractivity (Wildman–Crippen MR) is 122 cm³/mol. The van der Waals surface area contributed by atoms with Crippen LogP contribution in [0.3, 0.4) is 0 Å². The molecule has 8 nitrogen and oxygen atoms in total. The zero-order valence-electron chi connectivity index (χ0n) is 20.4. The van der Waals surface area contributed by atoms with Crippen molar-refractivity contribution in [3.8, 4) is 17.2 Å². The lowest BCUT2D eigenvalue weighted by Gasteiger charge is -2.23. The highest BCUT2D eigenvalue weighted by Crippen LogP contribution is 2.43. The Kier molecular flexibility index (Phi) is 9.19. The quantitative estimate of drug-likeness (QED) is 0.552. The third kappa shape index (κ3) is 6.51. The van der Waals surface area contributed by atoms with Crippen molar-refractivity contribution in [1.82, 2.24) is 10.2 Å². The van der Waals surface area contributed by atoms with Crippen LogP contribution in [0.4, 0.5) is 0 Å². The number of carbonyl (C=O) groups is 2. The van der Waals surface area contributed by atoms with Crippen LogP contribution in [0.5, 0.6) is 17.2 Å². The van der Waals surface area contributed by atoms with Crippen LogP contribution in [-0.4, -0.2) is 71.4 Å². The summed E-state index contributed by atoms with van der Waals surface area (Å²) in [6, 6.07) is 3.74. The van der Waals surface area contributed by atoms with E-state index in [1.165, 1.54) is 0 Å². The third-order valence-corrected chi connectivity index (χ3v) is 5.63. The van der Waals surface area contributed by atoms with Crippen molar-refractivity contribution in [3.63, 3.8) is 0 Å². The van der Waals surface area contributed by atoms with Crippen LogP contribution in [0.2, 0.25) is 0 Å². The van der Waals surface area contributed by atoms with Crippen LogP contribution in [0.15, 0.2) is 12.1 Å². The number of ether oxygens (including phenoxy) is 4. The first-order valence-electron chi connectivity index (χ1n) is 11.0. The summed E-state index contributed by atoms with van der Waals surface area (Å²) in [5, 5.41) is 3.00. The number of methoxy groups -OCH3 is 4. The van der Waals surface area contributed by atoms with Crippen molar-refractivity contribution in [2.24, 2.45) is 11.3 Å². The van der Waals surface area contributed by atoms with Crippen LogP contribution in [-0.2, 0) is 14.3 Å². The molecule has 2 rings (SSSR count). The smallest absolute Gasteiger partial charge is 0.225 e. The molecule has 0 saturated carbocycles. The molecule has 1 fully saturated rings. The van der Waals surface area contributed by atoms with Gasteiger partial charge < -0.3 is 29.2 Å². The molecular formula is C24H38N2O6. The molecule has 1 aromatic rings. The van der Waals surface area contributed by atoms with Crippen molar-refractivity contribution in [2.45, 2.75) is 39.5 Å². The van der Waals surface area contributed by atoms with E-state index in [1.54, 1.807) is 33.3 Å². The van der Waals surface area contributed by atoms with Gasteiger partial charge in [0, 0.05) is 45.7 Å². The van der Waals surface area contributed by atoms with Crippen molar-refractivity contribution < 1.29 is 28.5 Å². The normalized spacial score (nSPS) is 18.4. The Morgan fingerprint density at radius 2 is 1.66 bits per heavy atom. The molecule has 32 heavy (non-hydrogen) atoms. The summed E-state index contributed by atoms with van der Waals surface area (Å²) in [7, 11) is 6.32. The minimum Gasteiger partial charge on any atom is -0.493 e. The van der Waals surface area contributed by atoms with Crippen LogP contribution in [0.25, 0.3) is 0 Å². The highest BCUT2D eigenvalue weighted by Gasteiger charge is 2.41. The van der Waals surface area contributed by atoms with Gasteiger partial charge in [-0.2, -0.15) is 0 Å². The summed E-state index contributed by atoms with van der Waals surface area (Å²) >= 11 is 0. The van der Waals surface area contributed by atoms with E-state index in [2.05, 4.69) is 5.32 Å². The fourth-order valence-corrected chi connectivity index (χ4v) is 4.05. The zero-order valence-corrected chi connectivity index (χ0v) is 20.4. The highest BCUT2D eigenvalue weighted by atomic mass is 16.5. The number of nitrogens with zero attached hydrogens (tertiary/aromatic N) is 1. The number of nitrogens with one attached hydrogen (secondary N) is 1. The van der Waals surface area contributed by atoms with E-state index >= 15 is 0 Å². The third-order valence-electron chi connectivity index (χ3n) is 5.63. The number of likely N-dealkylation sites (tertiary alicyclic amines) is 1. The maximum Gasteiger partial charge on any atom is 0.225 e. The van der Waals surface area contributed by atoms with Gasteiger partial charge in [0.25, 0.3) is 0 Å². The molecule has 2 atom stereocenters. The van der Waals surface area contributed by atoms with Gasteiger partial charge in [-0.3, -0.25) is 9.59 Å². The Morgan fingerprint density at radius 1 is 1.03 bits per heavy atom. The largest absolute Gasteiger partial charge is 0.493 e. The number of benzene rings is 1. The molecule has 0 aliphatic carbocycles. The fourth-order valence-electron chi connectivity index (χ4n) is 4.05. The molecule has 1 aliphatic heterocycles. The van der Waals surface area contributed by atoms with Crippen LogP contribution < -0.4 is 19.5 Å². The van der Waals surface area contributed by atoms with Gasteiger partial charge in [-0.05, 0) is 29.5 Å². The maximum atomic E-state index is 13.1. The summed E-state index contributed by atoms with van der Waals surface area (Å²) in [6.07, 6.45) is 1.16. The Labute approximate surface area is 191 Å². The summed E-state index contributed by atoms with van der Waals surface area (Å²) in [5.41, 5.74) is 0.752. The monoisotopic (exact) mass is 450 g/mol. The number of carbonyl (C=O) groups excluding carboxylic acids is 2. The molecule has 1 aliphatic rings. The van der Waals surface area contributed by atoms with Gasteiger partial charge >= 0.3 is 0 Å². The molecule has 0 aromatic heterocycles. The molecule has 1 aromatic carbocycles. The van der Waals surface area contributed by atoms with Crippen molar-refractivity contribution in [3.05, 3.63) is 17.7 Å². The summed E-state index contributed by atoms with van der Waals surface area (Å²) < 4.78 is 21.5. The van der Waals surface area contributed by atoms with E-state index in [-0.39, 0.29) is 29.1 Å². The maximum absolute atomic E-state index is 13.1. The molecule has 8 heteroatoms. The number of rotatable bonds is 10. The predicted octanol–water partition coefficient (Wildman–Crippen LogP) is 2.84. The Bertz CT molecular complexity index is 764. The molecule has 0 radical (unpaired) electrons. The first-order valence-corrected chi connectivity index (χ1v) is 11.0. The van der Waals surface area contributed by atoms with E-state index in [9.17, 15) is 9.59 Å². The Balaban J connectivity index is 2.34. The first-order chi connectivity index (χ1) is 15.1. The van der Waals surface area contributed by atoms with Gasteiger partial charge in [0.1, 0.15) is 0 Å². The highest BCUT2D eigenvalue weighted by molar-refractivity contribution is 5.83. The minimum absolute atomic E-state index is 0.0598. The van der Waals surface area contributed by atoms with Gasteiger partial charge in [-0.15, -0.1) is 0 Å².